The molecule has 2 N–H and O–H groups in total. The van der Waals surface area contributed by atoms with Gasteiger partial charge in [0.25, 0.3) is 5.91 Å². The lowest BCUT2D eigenvalue weighted by Gasteiger charge is -2.31. The fraction of sp³-hybridized carbons (Fsp3) is 0.600. The van der Waals surface area contributed by atoms with Gasteiger partial charge in [0.2, 0.25) is 0 Å². The molecular weight excluding hydrogens is 270 g/mol. The predicted molar refractivity (Wildman–Crippen MR) is 85.5 cm³/mol. The van der Waals surface area contributed by atoms with E-state index >= 15 is 0 Å². The van der Waals surface area contributed by atoms with E-state index in [0.717, 1.165) is 17.8 Å². The van der Waals surface area contributed by atoms with Crippen molar-refractivity contribution in [2.24, 2.45) is 0 Å². The molecule has 1 heterocycles. The minimum Gasteiger partial charge on any atom is -0.387 e. The Balaban J connectivity index is 2.11. The molecular formula is C15H23N3OS. The maximum Gasteiger partial charge on any atom is 0.255 e. The van der Waals surface area contributed by atoms with Crippen LogP contribution in [0.15, 0.2) is 12.3 Å². The fourth-order valence-electron chi connectivity index (χ4n) is 2.74. The third kappa shape index (κ3) is 3.45. The molecule has 0 aromatic carbocycles. The van der Waals surface area contributed by atoms with Crippen LogP contribution in [0.4, 0.5) is 5.69 Å². The molecule has 2 unspecified atom stereocenters. The Labute approximate surface area is 125 Å². The van der Waals surface area contributed by atoms with Crippen molar-refractivity contribution in [3.8, 4) is 0 Å². The first-order chi connectivity index (χ1) is 9.65. The van der Waals surface area contributed by atoms with Crippen LogP contribution in [0.5, 0.6) is 0 Å². The number of carbonyl (C=O) groups is 1. The van der Waals surface area contributed by atoms with Crippen LogP contribution in [0.1, 0.15) is 41.7 Å². The van der Waals surface area contributed by atoms with E-state index in [1.807, 2.05) is 31.8 Å². The zero-order chi connectivity index (χ0) is 14.5. The highest BCUT2D eigenvalue weighted by Gasteiger charge is 2.26. The third-order valence-corrected chi connectivity index (χ3v) is 5.05. The standard InChI is InChI=1S/C15H23N3OS/c1-10-8-13(16-2)11(9-17-10)15(19)18-12-6-4-5-7-14(12)20-3/h8-9,12,14H,4-7H2,1-3H3,(H,16,17)(H,18,19). The third-order valence-electron chi connectivity index (χ3n) is 3.88. The number of nitrogens with zero attached hydrogens (tertiary/aromatic N) is 1. The van der Waals surface area contributed by atoms with Gasteiger partial charge in [-0.1, -0.05) is 12.8 Å². The van der Waals surface area contributed by atoms with Gasteiger partial charge in [-0.3, -0.25) is 9.78 Å². The van der Waals surface area contributed by atoms with Crippen LogP contribution in [-0.2, 0) is 0 Å². The van der Waals surface area contributed by atoms with Crippen molar-refractivity contribution < 1.29 is 4.79 Å². The van der Waals surface area contributed by atoms with Gasteiger partial charge in [-0.2, -0.15) is 11.8 Å². The quantitative estimate of drug-likeness (QED) is 0.896. The summed E-state index contributed by atoms with van der Waals surface area (Å²) >= 11 is 1.86. The average molecular weight is 293 g/mol. The SMILES string of the molecule is CNc1cc(C)ncc1C(=O)NC1CCCCC1SC. The van der Waals surface area contributed by atoms with Gasteiger partial charge in [0.05, 0.1) is 11.3 Å². The second kappa shape index (κ2) is 6.97. The maximum atomic E-state index is 12.5. The Kier molecular flexibility index (Phi) is 5.29. The Bertz CT molecular complexity index is 478. The molecule has 1 saturated carbocycles. The van der Waals surface area contributed by atoms with E-state index in [9.17, 15) is 4.79 Å². The van der Waals surface area contributed by atoms with E-state index in [1.165, 1.54) is 19.3 Å². The lowest BCUT2D eigenvalue weighted by atomic mass is 9.94. The van der Waals surface area contributed by atoms with Crippen LogP contribution in [0.25, 0.3) is 0 Å². The second-order valence-corrected chi connectivity index (χ2v) is 6.34. The lowest BCUT2D eigenvalue weighted by molar-refractivity contribution is 0.0930. The molecule has 1 aliphatic carbocycles. The summed E-state index contributed by atoms with van der Waals surface area (Å²) in [7, 11) is 1.83. The Morgan fingerprint density at radius 2 is 2.15 bits per heavy atom. The number of aryl methyl sites for hydroxylation is 1. The van der Waals surface area contributed by atoms with Crippen molar-refractivity contribution in [1.29, 1.82) is 0 Å². The van der Waals surface area contributed by atoms with Crippen LogP contribution < -0.4 is 10.6 Å². The summed E-state index contributed by atoms with van der Waals surface area (Å²) in [5, 5.41) is 6.80. The zero-order valence-electron chi connectivity index (χ0n) is 12.4. The number of carbonyl (C=O) groups excluding carboxylic acids is 1. The largest absolute Gasteiger partial charge is 0.387 e. The van der Waals surface area contributed by atoms with Crippen LogP contribution in [0, 0.1) is 6.92 Å². The molecule has 0 bridgehead atoms. The summed E-state index contributed by atoms with van der Waals surface area (Å²) in [4.78, 5) is 16.7. The van der Waals surface area contributed by atoms with Crippen molar-refractivity contribution in [3.63, 3.8) is 0 Å². The summed E-state index contributed by atoms with van der Waals surface area (Å²) in [6.07, 6.45) is 8.52. The molecule has 0 radical (unpaired) electrons. The fourth-order valence-corrected chi connectivity index (χ4v) is 3.67. The Hall–Kier alpha value is -1.23. The van der Waals surface area contributed by atoms with Crippen molar-refractivity contribution in [2.75, 3.05) is 18.6 Å². The zero-order valence-corrected chi connectivity index (χ0v) is 13.2. The summed E-state index contributed by atoms with van der Waals surface area (Å²) in [5.74, 6) is -0.0206. The first-order valence-corrected chi connectivity index (χ1v) is 8.42. The number of hydrogen-bond donors (Lipinski definition) is 2. The average Bonchev–Trinajstić information content (AvgIpc) is 2.47. The van der Waals surface area contributed by atoms with Gasteiger partial charge in [-0.25, -0.2) is 0 Å². The number of hydrogen-bond acceptors (Lipinski definition) is 4. The van der Waals surface area contributed by atoms with Crippen LogP contribution in [0.2, 0.25) is 0 Å². The van der Waals surface area contributed by atoms with E-state index in [2.05, 4.69) is 21.9 Å². The molecule has 1 amide bonds. The molecule has 2 rings (SSSR count). The molecule has 1 aliphatic rings. The van der Waals surface area contributed by atoms with E-state index < -0.39 is 0 Å². The number of pyridine rings is 1. The van der Waals surface area contributed by atoms with Crippen LogP contribution in [0.3, 0.4) is 0 Å². The van der Waals surface area contributed by atoms with Crippen LogP contribution in [-0.4, -0.2) is 35.5 Å². The van der Waals surface area contributed by atoms with Gasteiger partial charge >= 0.3 is 0 Å². The first-order valence-electron chi connectivity index (χ1n) is 7.13. The monoisotopic (exact) mass is 293 g/mol. The lowest BCUT2D eigenvalue weighted by Crippen LogP contribution is -2.43. The smallest absolute Gasteiger partial charge is 0.255 e. The van der Waals surface area contributed by atoms with Crippen molar-refractivity contribution in [1.82, 2.24) is 10.3 Å². The topological polar surface area (TPSA) is 54.0 Å². The minimum atomic E-state index is -0.0206. The second-order valence-electron chi connectivity index (χ2n) is 5.26. The summed E-state index contributed by atoms with van der Waals surface area (Å²) in [6.45, 7) is 1.92. The normalized spacial score (nSPS) is 22.4. The van der Waals surface area contributed by atoms with E-state index in [0.29, 0.717) is 10.8 Å². The van der Waals surface area contributed by atoms with Gasteiger partial charge in [0.15, 0.2) is 0 Å². The van der Waals surface area contributed by atoms with Gasteiger partial charge < -0.3 is 10.6 Å². The van der Waals surface area contributed by atoms with Crippen molar-refractivity contribution in [3.05, 3.63) is 23.5 Å². The molecule has 0 aliphatic heterocycles. The van der Waals surface area contributed by atoms with E-state index in [4.69, 9.17) is 0 Å². The van der Waals surface area contributed by atoms with Crippen molar-refractivity contribution in [2.45, 2.75) is 43.9 Å². The van der Waals surface area contributed by atoms with Gasteiger partial charge in [-0.15, -0.1) is 0 Å². The van der Waals surface area contributed by atoms with Gasteiger partial charge in [0.1, 0.15) is 0 Å². The highest BCUT2D eigenvalue weighted by molar-refractivity contribution is 7.99. The number of thioether (sulfide) groups is 1. The number of aromatic nitrogens is 1. The molecule has 0 spiro atoms. The highest BCUT2D eigenvalue weighted by atomic mass is 32.2. The molecule has 110 valence electrons. The first kappa shape index (κ1) is 15.2. The van der Waals surface area contributed by atoms with Gasteiger partial charge in [-0.05, 0) is 32.1 Å². The summed E-state index contributed by atoms with van der Waals surface area (Å²) in [5.41, 5.74) is 2.38. The molecule has 5 heteroatoms. The van der Waals surface area contributed by atoms with Crippen LogP contribution >= 0.6 is 11.8 Å². The molecule has 4 nitrogen and oxygen atoms in total. The number of anilines is 1. The summed E-state index contributed by atoms with van der Waals surface area (Å²) < 4.78 is 0. The van der Waals surface area contributed by atoms with Gasteiger partial charge in [0, 0.05) is 30.2 Å². The van der Waals surface area contributed by atoms with Crippen molar-refractivity contribution >= 4 is 23.4 Å². The Morgan fingerprint density at radius 3 is 2.85 bits per heavy atom. The molecule has 2 atom stereocenters. The molecule has 1 aromatic rings. The number of nitrogens with one attached hydrogen (secondary N) is 2. The predicted octanol–water partition coefficient (Wildman–Crippen LogP) is 2.84. The molecule has 20 heavy (non-hydrogen) atoms. The highest BCUT2D eigenvalue weighted by Crippen LogP contribution is 2.27. The van der Waals surface area contributed by atoms with E-state index in [-0.39, 0.29) is 11.9 Å². The van der Waals surface area contributed by atoms with E-state index in [1.54, 1.807) is 6.20 Å². The molecule has 1 fully saturated rings. The summed E-state index contributed by atoms with van der Waals surface area (Å²) in [6, 6.07) is 2.18. The molecule has 1 aromatic heterocycles. The molecule has 0 saturated heterocycles. The number of rotatable bonds is 4. The maximum absolute atomic E-state index is 12.5. The number of amides is 1. The minimum absolute atomic E-state index is 0.0206. The Morgan fingerprint density at radius 1 is 1.40 bits per heavy atom.